The predicted molar refractivity (Wildman–Crippen MR) is 147 cm³/mol. The number of aromatic nitrogens is 1. The van der Waals surface area contributed by atoms with Crippen molar-refractivity contribution in [2.75, 3.05) is 33.4 Å². The Balaban J connectivity index is 1.68. The van der Waals surface area contributed by atoms with E-state index in [1.807, 2.05) is 29.6 Å². The number of carbonyl (C=O) groups is 1. The van der Waals surface area contributed by atoms with Crippen LogP contribution in [0, 0.1) is 0 Å². The third-order valence-electron chi connectivity index (χ3n) is 5.56. The van der Waals surface area contributed by atoms with Crippen molar-refractivity contribution in [3.63, 3.8) is 0 Å². The second-order valence-electron chi connectivity index (χ2n) is 8.16. The van der Waals surface area contributed by atoms with Gasteiger partial charge in [0.15, 0.2) is 0 Å². The molecule has 3 rings (SSSR count). The van der Waals surface area contributed by atoms with Crippen molar-refractivity contribution in [1.29, 1.82) is 0 Å². The molecular formula is C26H32N6O3S. The Morgan fingerprint density at radius 3 is 2.92 bits per heavy atom. The van der Waals surface area contributed by atoms with Crippen molar-refractivity contribution in [2.45, 2.75) is 25.3 Å². The minimum Gasteiger partial charge on any atom is -0.403 e. The number of thiazole rings is 1. The van der Waals surface area contributed by atoms with E-state index < -0.39 is 0 Å². The summed E-state index contributed by atoms with van der Waals surface area (Å²) in [6, 6.07) is 7.95. The molecule has 0 aliphatic carbocycles. The van der Waals surface area contributed by atoms with E-state index in [0.717, 1.165) is 42.2 Å². The lowest BCUT2D eigenvalue weighted by atomic mass is 10.1. The Bertz CT molecular complexity index is 1150. The summed E-state index contributed by atoms with van der Waals surface area (Å²) in [5.41, 5.74) is 9.30. The summed E-state index contributed by atoms with van der Waals surface area (Å²) >= 11 is 1.48. The fraction of sp³-hybridized carbons (Fsp3) is 0.346. The molecule has 1 fully saturated rings. The van der Waals surface area contributed by atoms with E-state index in [1.54, 1.807) is 25.6 Å². The molecule has 0 bridgehead atoms. The van der Waals surface area contributed by atoms with Gasteiger partial charge in [0.25, 0.3) is 0 Å². The molecule has 1 aliphatic heterocycles. The molecule has 1 aliphatic rings. The van der Waals surface area contributed by atoms with Crippen LogP contribution in [0.1, 0.15) is 24.1 Å². The summed E-state index contributed by atoms with van der Waals surface area (Å²) in [6.45, 7) is 5.37. The molecule has 0 spiro atoms. The van der Waals surface area contributed by atoms with Crippen LogP contribution in [0.15, 0.2) is 62.6 Å². The SMILES string of the molecule is C=N\C(=C/C=N/C(C=NC1CCOCC1)=C/N)c1csc(-c2cccc(CC(=O)N(C)CCO)c2)n1. The van der Waals surface area contributed by atoms with Crippen LogP contribution in [-0.4, -0.2) is 79.5 Å². The third-order valence-corrected chi connectivity index (χ3v) is 6.45. The van der Waals surface area contributed by atoms with E-state index in [-0.39, 0.29) is 25.0 Å². The second kappa shape index (κ2) is 14.2. The van der Waals surface area contributed by atoms with Gasteiger partial charge >= 0.3 is 0 Å². The van der Waals surface area contributed by atoms with Gasteiger partial charge in [0.05, 0.1) is 30.5 Å². The number of likely N-dealkylation sites (N-methyl/N-ethyl adjacent to an activating group) is 1. The van der Waals surface area contributed by atoms with Gasteiger partial charge in [-0.3, -0.25) is 19.8 Å². The van der Waals surface area contributed by atoms with Crippen LogP contribution in [0.5, 0.6) is 0 Å². The van der Waals surface area contributed by atoms with Crippen molar-refractivity contribution in [3.05, 3.63) is 58.9 Å². The van der Waals surface area contributed by atoms with Crippen molar-refractivity contribution >= 4 is 42.1 Å². The first kappa shape index (κ1) is 27.1. The molecule has 0 unspecified atom stereocenters. The Kier molecular flexibility index (Phi) is 10.7. The topological polar surface area (TPSA) is 126 Å². The summed E-state index contributed by atoms with van der Waals surface area (Å²) < 4.78 is 5.35. The standard InChI is InChI=1S/C26H32N6O3S/c1-28-23(6-9-29-22(16-27)17-30-21-7-12-35-13-8-21)24-18-36-26(31-24)20-5-3-4-19(14-20)15-25(34)32(2)10-11-33/h3-6,9,14,16-18,21,33H,1,7-8,10-13,15,27H2,2H3/b22-16+,23-6-,29-9+,30-17?. The molecule has 0 saturated carbocycles. The number of nitrogens with two attached hydrogens (primary N) is 1. The molecular weight excluding hydrogens is 476 g/mol. The highest BCUT2D eigenvalue weighted by molar-refractivity contribution is 7.13. The van der Waals surface area contributed by atoms with E-state index in [2.05, 4.69) is 21.7 Å². The van der Waals surface area contributed by atoms with Gasteiger partial charge in [-0.15, -0.1) is 11.3 Å². The van der Waals surface area contributed by atoms with Crippen LogP contribution in [0.3, 0.4) is 0 Å². The van der Waals surface area contributed by atoms with Gasteiger partial charge in [0.2, 0.25) is 5.91 Å². The Labute approximate surface area is 215 Å². The number of hydrogen-bond acceptors (Lipinski definition) is 9. The van der Waals surface area contributed by atoms with Crippen molar-refractivity contribution < 1.29 is 14.6 Å². The number of aliphatic hydroxyl groups is 1. The monoisotopic (exact) mass is 508 g/mol. The zero-order chi connectivity index (χ0) is 25.8. The van der Waals surface area contributed by atoms with Gasteiger partial charge in [-0.2, -0.15) is 0 Å². The number of hydrogen-bond donors (Lipinski definition) is 2. The molecule has 0 radical (unpaired) electrons. The first-order valence-electron chi connectivity index (χ1n) is 11.7. The fourth-order valence-electron chi connectivity index (χ4n) is 3.47. The van der Waals surface area contributed by atoms with Crippen LogP contribution >= 0.6 is 11.3 Å². The van der Waals surface area contributed by atoms with Crippen LogP contribution in [0.25, 0.3) is 16.3 Å². The summed E-state index contributed by atoms with van der Waals surface area (Å²) in [5, 5.41) is 11.7. The van der Waals surface area contributed by atoms with Gasteiger partial charge < -0.3 is 20.5 Å². The zero-order valence-corrected chi connectivity index (χ0v) is 21.2. The highest BCUT2D eigenvalue weighted by Gasteiger charge is 2.13. The van der Waals surface area contributed by atoms with Gasteiger partial charge in [0, 0.05) is 56.4 Å². The molecule has 1 amide bonds. The van der Waals surface area contributed by atoms with E-state index in [9.17, 15) is 4.79 Å². The second-order valence-corrected chi connectivity index (χ2v) is 9.01. The van der Waals surface area contributed by atoms with Crippen LogP contribution in [0.4, 0.5) is 0 Å². The quantitative estimate of drug-likeness (QED) is 0.452. The normalized spacial score (nSPS) is 15.6. The van der Waals surface area contributed by atoms with E-state index in [4.69, 9.17) is 20.6 Å². The number of allylic oxidation sites excluding steroid dienone is 2. The number of aliphatic imine (C=N–C) groups is 3. The fourth-order valence-corrected chi connectivity index (χ4v) is 4.28. The number of nitrogens with zero attached hydrogens (tertiary/aromatic N) is 5. The van der Waals surface area contributed by atoms with E-state index >= 15 is 0 Å². The van der Waals surface area contributed by atoms with E-state index in [1.165, 1.54) is 22.4 Å². The molecule has 36 heavy (non-hydrogen) atoms. The Hall–Kier alpha value is -3.47. The van der Waals surface area contributed by atoms with E-state index in [0.29, 0.717) is 23.6 Å². The maximum atomic E-state index is 12.3. The van der Waals surface area contributed by atoms with Crippen LogP contribution in [-0.2, 0) is 16.0 Å². The van der Waals surface area contributed by atoms with Crippen molar-refractivity contribution in [3.8, 4) is 10.6 Å². The number of rotatable bonds is 11. The van der Waals surface area contributed by atoms with Crippen LogP contribution in [0.2, 0.25) is 0 Å². The number of carbonyl (C=O) groups excluding carboxylic acids is 1. The molecule has 1 aromatic carbocycles. The third kappa shape index (κ3) is 8.04. The van der Waals surface area contributed by atoms with Gasteiger partial charge in [-0.05, 0) is 37.3 Å². The maximum Gasteiger partial charge on any atom is 0.226 e. The number of ether oxygens (including phenoxy) is 1. The molecule has 2 aromatic rings. The zero-order valence-electron chi connectivity index (χ0n) is 20.4. The highest BCUT2D eigenvalue weighted by Crippen LogP contribution is 2.28. The molecule has 10 heteroatoms. The van der Waals surface area contributed by atoms with Crippen LogP contribution < -0.4 is 5.73 Å². The molecule has 1 saturated heterocycles. The smallest absolute Gasteiger partial charge is 0.226 e. The Morgan fingerprint density at radius 1 is 1.39 bits per heavy atom. The Morgan fingerprint density at radius 2 is 2.19 bits per heavy atom. The average molecular weight is 509 g/mol. The number of amides is 1. The lowest BCUT2D eigenvalue weighted by Crippen LogP contribution is -2.30. The summed E-state index contributed by atoms with van der Waals surface area (Å²) in [5.74, 6) is -0.0508. The minimum absolute atomic E-state index is 0.0508. The minimum atomic E-state index is -0.0597. The number of benzene rings is 1. The van der Waals surface area contributed by atoms with Crippen molar-refractivity contribution in [1.82, 2.24) is 9.88 Å². The largest absolute Gasteiger partial charge is 0.403 e. The lowest BCUT2D eigenvalue weighted by Gasteiger charge is -2.17. The highest BCUT2D eigenvalue weighted by atomic mass is 32.1. The molecule has 9 nitrogen and oxygen atoms in total. The summed E-state index contributed by atoms with van der Waals surface area (Å²) in [7, 11) is 1.68. The van der Waals surface area contributed by atoms with Gasteiger partial charge in [-0.1, -0.05) is 18.2 Å². The maximum absolute atomic E-state index is 12.3. The number of aliphatic hydroxyl groups excluding tert-OH is 1. The molecule has 1 aromatic heterocycles. The lowest BCUT2D eigenvalue weighted by molar-refractivity contribution is -0.129. The predicted octanol–water partition coefficient (Wildman–Crippen LogP) is 2.97. The average Bonchev–Trinajstić information content (AvgIpc) is 3.39. The first-order valence-corrected chi connectivity index (χ1v) is 12.6. The molecule has 2 heterocycles. The van der Waals surface area contributed by atoms with Crippen molar-refractivity contribution in [2.24, 2.45) is 20.7 Å². The first-order chi connectivity index (χ1) is 17.5. The molecule has 0 atom stereocenters. The summed E-state index contributed by atoms with van der Waals surface area (Å²) in [4.78, 5) is 31.5. The molecule has 190 valence electrons. The molecule has 3 N–H and O–H groups in total. The van der Waals surface area contributed by atoms with Gasteiger partial charge in [-0.25, -0.2) is 4.98 Å². The summed E-state index contributed by atoms with van der Waals surface area (Å²) in [6.07, 6.45) is 8.48. The van der Waals surface area contributed by atoms with Gasteiger partial charge in [0.1, 0.15) is 10.7 Å².